The molecule has 114 valence electrons. The van der Waals surface area contributed by atoms with Gasteiger partial charge in [-0.05, 0) is 32.0 Å². The summed E-state index contributed by atoms with van der Waals surface area (Å²) < 4.78 is 21.2. The minimum absolute atomic E-state index is 0.0683. The van der Waals surface area contributed by atoms with Crippen LogP contribution in [0.1, 0.15) is 25.5 Å². The molecule has 0 fully saturated rings. The maximum Gasteiger partial charge on any atom is 0.125 e. The smallest absolute Gasteiger partial charge is 0.125 e. The SMILES string of the molecule is CCOCC(C)OCC(O)c1cc(OC)ccc1OC. The largest absolute Gasteiger partial charge is 0.497 e. The third-order valence-corrected chi connectivity index (χ3v) is 2.89. The lowest BCUT2D eigenvalue weighted by atomic mass is 10.1. The second-order valence-corrected chi connectivity index (χ2v) is 4.43. The van der Waals surface area contributed by atoms with E-state index < -0.39 is 6.10 Å². The summed E-state index contributed by atoms with van der Waals surface area (Å²) in [7, 11) is 3.15. The van der Waals surface area contributed by atoms with E-state index in [4.69, 9.17) is 18.9 Å². The van der Waals surface area contributed by atoms with E-state index in [1.807, 2.05) is 13.8 Å². The van der Waals surface area contributed by atoms with Crippen molar-refractivity contribution in [2.45, 2.75) is 26.1 Å². The highest BCUT2D eigenvalue weighted by atomic mass is 16.5. The van der Waals surface area contributed by atoms with Crippen molar-refractivity contribution in [3.8, 4) is 11.5 Å². The molecular formula is C15H24O5. The van der Waals surface area contributed by atoms with E-state index in [-0.39, 0.29) is 12.7 Å². The van der Waals surface area contributed by atoms with Gasteiger partial charge in [0.15, 0.2) is 0 Å². The second-order valence-electron chi connectivity index (χ2n) is 4.43. The van der Waals surface area contributed by atoms with Gasteiger partial charge >= 0.3 is 0 Å². The number of rotatable bonds is 9. The molecule has 5 heteroatoms. The van der Waals surface area contributed by atoms with Gasteiger partial charge in [-0.2, -0.15) is 0 Å². The summed E-state index contributed by atoms with van der Waals surface area (Å²) in [5, 5.41) is 10.2. The molecule has 1 rings (SSSR count). The molecule has 0 aliphatic rings. The van der Waals surface area contributed by atoms with Crippen LogP contribution in [-0.4, -0.2) is 45.3 Å². The van der Waals surface area contributed by atoms with Crippen molar-refractivity contribution in [1.82, 2.24) is 0 Å². The zero-order valence-electron chi connectivity index (χ0n) is 12.6. The van der Waals surface area contributed by atoms with Crippen LogP contribution < -0.4 is 9.47 Å². The van der Waals surface area contributed by atoms with E-state index in [0.717, 1.165) is 0 Å². The van der Waals surface area contributed by atoms with E-state index in [2.05, 4.69) is 0 Å². The van der Waals surface area contributed by atoms with Crippen molar-refractivity contribution in [2.75, 3.05) is 34.0 Å². The van der Waals surface area contributed by atoms with Crippen molar-refractivity contribution in [3.63, 3.8) is 0 Å². The van der Waals surface area contributed by atoms with Gasteiger partial charge in [0.2, 0.25) is 0 Å². The first kappa shape index (κ1) is 16.8. The lowest BCUT2D eigenvalue weighted by molar-refractivity contribution is -0.0399. The van der Waals surface area contributed by atoms with Crippen LogP contribution in [0, 0.1) is 0 Å². The maximum atomic E-state index is 10.2. The van der Waals surface area contributed by atoms with Crippen molar-refractivity contribution in [3.05, 3.63) is 23.8 Å². The van der Waals surface area contributed by atoms with Crippen LogP contribution in [0.5, 0.6) is 11.5 Å². The van der Waals surface area contributed by atoms with E-state index in [9.17, 15) is 5.11 Å². The average molecular weight is 284 g/mol. The van der Waals surface area contributed by atoms with Gasteiger partial charge in [-0.1, -0.05) is 0 Å². The molecule has 0 saturated heterocycles. The highest BCUT2D eigenvalue weighted by molar-refractivity contribution is 5.41. The normalized spacial score (nSPS) is 13.8. The molecule has 0 amide bonds. The third-order valence-electron chi connectivity index (χ3n) is 2.89. The van der Waals surface area contributed by atoms with Gasteiger partial charge in [0.25, 0.3) is 0 Å². The van der Waals surface area contributed by atoms with Gasteiger partial charge in [0, 0.05) is 12.2 Å². The second kappa shape index (κ2) is 8.79. The first-order valence-electron chi connectivity index (χ1n) is 6.71. The van der Waals surface area contributed by atoms with Crippen molar-refractivity contribution < 1.29 is 24.1 Å². The lowest BCUT2D eigenvalue weighted by Crippen LogP contribution is -2.20. The summed E-state index contributed by atoms with van der Waals surface area (Å²) >= 11 is 0. The van der Waals surface area contributed by atoms with Crippen LogP contribution in [-0.2, 0) is 9.47 Å². The maximum absolute atomic E-state index is 10.2. The Bertz CT molecular complexity index is 394. The molecule has 20 heavy (non-hydrogen) atoms. The Kier molecular flexibility index (Phi) is 7.36. The summed E-state index contributed by atoms with van der Waals surface area (Å²) in [4.78, 5) is 0. The van der Waals surface area contributed by atoms with E-state index in [1.54, 1.807) is 32.4 Å². The Hall–Kier alpha value is -1.30. The highest BCUT2D eigenvalue weighted by Gasteiger charge is 2.16. The Morgan fingerprint density at radius 2 is 1.90 bits per heavy atom. The van der Waals surface area contributed by atoms with Crippen molar-refractivity contribution in [2.24, 2.45) is 0 Å². The van der Waals surface area contributed by atoms with Gasteiger partial charge in [-0.15, -0.1) is 0 Å². The Morgan fingerprint density at radius 1 is 1.15 bits per heavy atom. The van der Waals surface area contributed by atoms with Gasteiger partial charge in [0.1, 0.15) is 17.6 Å². The van der Waals surface area contributed by atoms with Crippen molar-refractivity contribution >= 4 is 0 Å². The number of aliphatic hydroxyl groups excluding tert-OH is 1. The summed E-state index contributed by atoms with van der Waals surface area (Å²) in [6, 6.07) is 5.30. The highest BCUT2D eigenvalue weighted by Crippen LogP contribution is 2.29. The summed E-state index contributed by atoms with van der Waals surface area (Å²) in [5.74, 6) is 1.28. The molecule has 0 aromatic heterocycles. The van der Waals surface area contributed by atoms with Crippen molar-refractivity contribution in [1.29, 1.82) is 0 Å². The molecule has 1 N–H and O–H groups in total. The quantitative estimate of drug-likeness (QED) is 0.753. The predicted molar refractivity (Wildman–Crippen MR) is 76.4 cm³/mol. The molecule has 1 aromatic rings. The average Bonchev–Trinajstić information content (AvgIpc) is 2.49. The fourth-order valence-corrected chi connectivity index (χ4v) is 1.78. The van der Waals surface area contributed by atoms with Crippen LogP contribution in [0.25, 0.3) is 0 Å². The zero-order valence-corrected chi connectivity index (χ0v) is 12.6. The minimum atomic E-state index is -0.774. The van der Waals surface area contributed by atoms with Crippen LogP contribution in [0.4, 0.5) is 0 Å². The zero-order chi connectivity index (χ0) is 15.0. The number of hydrogen-bond donors (Lipinski definition) is 1. The molecule has 2 atom stereocenters. The summed E-state index contributed by atoms with van der Waals surface area (Å²) in [6.07, 6.45) is -0.842. The first-order chi connectivity index (χ1) is 9.62. The molecular weight excluding hydrogens is 260 g/mol. The van der Waals surface area contributed by atoms with Gasteiger partial charge in [-0.25, -0.2) is 0 Å². The number of methoxy groups -OCH3 is 2. The number of hydrogen-bond acceptors (Lipinski definition) is 5. The molecule has 0 aliphatic carbocycles. The monoisotopic (exact) mass is 284 g/mol. The fraction of sp³-hybridized carbons (Fsp3) is 0.600. The molecule has 0 heterocycles. The molecule has 0 bridgehead atoms. The summed E-state index contributed by atoms with van der Waals surface area (Å²) in [5.41, 5.74) is 0.649. The molecule has 0 spiro atoms. The summed E-state index contributed by atoms with van der Waals surface area (Å²) in [6.45, 7) is 5.18. The molecule has 0 saturated carbocycles. The molecule has 1 aromatic carbocycles. The molecule has 2 unspecified atom stereocenters. The Balaban J connectivity index is 2.63. The number of aliphatic hydroxyl groups is 1. The van der Waals surface area contributed by atoms with Gasteiger partial charge in [-0.3, -0.25) is 0 Å². The van der Waals surface area contributed by atoms with Gasteiger partial charge < -0.3 is 24.1 Å². The standard InChI is InChI=1S/C15H24O5/c1-5-19-9-11(2)20-10-14(16)13-8-12(17-3)6-7-15(13)18-4/h6-8,11,14,16H,5,9-10H2,1-4H3. The Labute approximate surface area is 120 Å². The molecule has 0 aliphatic heterocycles. The van der Waals surface area contributed by atoms with E-state index in [0.29, 0.717) is 30.3 Å². The van der Waals surface area contributed by atoms with E-state index in [1.165, 1.54) is 0 Å². The molecule has 5 nitrogen and oxygen atoms in total. The minimum Gasteiger partial charge on any atom is -0.497 e. The number of ether oxygens (including phenoxy) is 4. The number of benzene rings is 1. The first-order valence-corrected chi connectivity index (χ1v) is 6.71. The fourth-order valence-electron chi connectivity index (χ4n) is 1.78. The van der Waals surface area contributed by atoms with Crippen LogP contribution in [0.15, 0.2) is 18.2 Å². The lowest BCUT2D eigenvalue weighted by Gasteiger charge is -2.19. The van der Waals surface area contributed by atoms with Crippen LogP contribution in [0.2, 0.25) is 0 Å². The Morgan fingerprint density at radius 3 is 2.50 bits per heavy atom. The van der Waals surface area contributed by atoms with Crippen LogP contribution >= 0.6 is 0 Å². The van der Waals surface area contributed by atoms with E-state index >= 15 is 0 Å². The van der Waals surface area contributed by atoms with Gasteiger partial charge in [0.05, 0.1) is 33.5 Å². The predicted octanol–water partition coefficient (Wildman–Crippen LogP) is 2.18. The molecule has 0 radical (unpaired) electrons. The third kappa shape index (κ3) is 5.00. The topological polar surface area (TPSA) is 57.2 Å². The van der Waals surface area contributed by atoms with Crippen LogP contribution in [0.3, 0.4) is 0 Å².